The second-order valence-corrected chi connectivity index (χ2v) is 5.39. The van der Waals surface area contributed by atoms with Crippen LogP contribution in [0.25, 0.3) is 0 Å². The molecule has 0 fully saturated rings. The Balaban J connectivity index is 2.50. The van der Waals surface area contributed by atoms with Crippen LogP contribution < -0.4 is 11.3 Å². The van der Waals surface area contributed by atoms with Crippen LogP contribution in [0.3, 0.4) is 0 Å². The molecule has 2 rings (SSSR count). The van der Waals surface area contributed by atoms with E-state index < -0.39 is 6.04 Å². The van der Waals surface area contributed by atoms with Crippen LogP contribution in [-0.2, 0) is 0 Å². The zero-order valence-corrected chi connectivity index (χ0v) is 12.4. The molecule has 0 radical (unpaired) electrons. The molecule has 2 aromatic rings. The molecule has 0 saturated carbocycles. The first-order chi connectivity index (χ1) is 9.06. The highest BCUT2D eigenvalue weighted by atomic mass is 79.9. The molecule has 1 atom stereocenters. The minimum atomic E-state index is -0.442. The molecule has 4 nitrogen and oxygen atoms in total. The van der Waals surface area contributed by atoms with Gasteiger partial charge in [-0.05, 0) is 41.9 Å². The summed E-state index contributed by atoms with van der Waals surface area (Å²) in [5.41, 5.74) is 3.98. The first kappa shape index (κ1) is 14.2. The van der Waals surface area contributed by atoms with Crippen molar-refractivity contribution in [3.63, 3.8) is 0 Å². The maximum absolute atomic E-state index is 14.2. The molecule has 3 N–H and O–H groups in total. The molecule has 0 aliphatic rings. The Morgan fingerprint density at radius 2 is 2.11 bits per heavy atom. The standard InChI is InChI=1S/C13H16BrFN4/c1-8(2)19-11(6-7-17-19)13(18-16)9-4-3-5-10(14)12(9)15/h3-8,13,18H,16H2,1-2H3. The minimum absolute atomic E-state index is 0.177. The number of rotatable bonds is 4. The van der Waals surface area contributed by atoms with Gasteiger partial charge < -0.3 is 0 Å². The molecule has 1 aromatic heterocycles. The zero-order valence-electron chi connectivity index (χ0n) is 10.8. The summed E-state index contributed by atoms with van der Waals surface area (Å²) in [6.45, 7) is 4.03. The van der Waals surface area contributed by atoms with E-state index >= 15 is 0 Å². The van der Waals surface area contributed by atoms with Crippen molar-refractivity contribution in [2.24, 2.45) is 5.84 Å². The van der Waals surface area contributed by atoms with Crippen LogP contribution in [0.1, 0.15) is 37.2 Å². The molecule has 1 unspecified atom stereocenters. The number of aromatic nitrogens is 2. The number of hydrogen-bond acceptors (Lipinski definition) is 3. The summed E-state index contributed by atoms with van der Waals surface area (Å²) >= 11 is 3.19. The fraction of sp³-hybridized carbons (Fsp3) is 0.308. The van der Waals surface area contributed by atoms with Gasteiger partial charge in [0.2, 0.25) is 0 Å². The molecule has 0 spiro atoms. The van der Waals surface area contributed by atoms with Crippen LogP contribution in [0, 0.1) is 5.82 Å². The van der Waals surface area contributed by atoms with Crippen LogP contribution >= 0.6 is 15.9 Å². The predicted molar refractivity (Wildman–Crippen MR) is 75.9 cm³/mol. The van der Waals surface area contributed by atoms with Gasteiger partial charge >= 0.3 is 0 Å². The van der Waals surface area contributed by atoms with Crippen molar-refractivity contribution < 1.29 is 4.39 Å². The summed E-state index contributed by atoms with van der Waals surface area (Å²) in [5.74, 6) is 5.29. The smallest absolute Gasteiger partial charge is 0.142 e. The molecule has 102 valence electrons. The summed E-state index contributed by atoms with van der Waals surface area (Å²) in [6, 6.07) is 6.72. The average Bonchev–Trinajstić information content (AvgIpc) is 2.85. The van der Waals surface area contributed by atoms with Gasteiger partial charge in [-0.1, -0.05) is 12.1 Å². The van der Waals surface area contributed by atoms with Gasteiger partial charge in [0, 0.05) is 17.8 Å². The number of halogens is 2. The minimum Gasteiger partial charge on any atom is -0.271 e. The van der Waals surface area contributed by atoms with Gasteiger partial charge in [-0.15, -0.1) is 0 Å². The normalized spacial score (nSPS) is 12.9. The first-order valence-corrected chi connectivity index (χ1v) is 6.79. The Hall–Kier alpha value is -1.24. The van der Waals surface area contributed by atoms with E-state index in [1.807, 2.05) is 24.6 Å². The Labute approximate surface area is 119 Å². The largest absolute Gasteiger partial charge is 0.271 e. The number of hydrogen-bond donors (Lipinski definition) is 2. The molecular weight excluding hydrogens is 311 g/mol. The van der Waals surface area contributed by atoms with E-state index in [4.69, 9.17) is 5.84 Å². The molecule has 0 saturated heterocycles. The van der Waals surface area contributed by atoms with E-state index in [2.05, 4.69) is 26.5 Å². The maximum atomic E-state index is 14.2. The van der Waals surface area contributed by atoms with Gasteiger partial charge in [0.05, 0.1) is 16.2 Å². The van der Waals surface area contributed by atoms with E-state index in [-0.39, 0.29) is 11.9 Å². The molecule has 0 aliphatic heterocycles. The number of benzene rings is 1. The third-order valence-corrected chi connectivity index (χ3v) is 3.56. The Bertz CT molecular complexity index is 568. The summed E-state index contributed by atoms with van der Waals surface area (Å²) in [5, 5.41) is 4.25. The molecule has 0 amide bonds. The number of nitrogens with one attached hydrogen (secondary N) is 1. The van der Waals surface area contributed by atoms with E-state index in [0.717, 1.165) is 5.69 Å². The van der Waals surface area contributed by atoms with Crippen LogP contribution in [0.2, 0.25) is 0 Å². The molecular formula is C13H16BrFN4. The summed E-state index contributed by atoms with van der Waals surface area (Å²) < 4.78 is 16.4. The van der Waals surface area contributed by atoms with E-state index in [9.17, 15) is 4.39 Å². The van der Waals surface area contributed by atoms with E-state index in [0.29, 0.717) is 10.0 Å². The van der Waals surface area contributed by atoms with Crippen molar-refractivity contribution in [3.8, 4) is 0 Å². The van der Waals surface area contributed by atoms with E-state index in [1.165, 1.54) is 0 Å². The fourth-order valence-electron chi connectivity index (χ4n) is 2.06. The second kappa shape index (κ2) is 5.81. The predicted octanol–water partition coefficient (Wildman–Crippen LogP) is 2.92. The quantitative estimate of drug-likeness (QED) is 0.671. The second-order valence-electron chi connectivity index (χ2n) is 4.54. The molecule has 0 bridgehead atoms. The van der Waals surface area contributed by atoms with Crippen molar-refractivity contribution in [1.82, 2.24) is 15.2 Å². The highest BCUT2D eigenvalue weighted by Crippen LogP contribution is 2.28. The first-order valence-electron chi connectivity index (χ1n) is 5.99. The average molecular weight is 327 g/mol. The van der Waals surface area contributed by atoms with Gasteiger partial charge in [0.1, 0.15) is 5.82 Å². The van der Waals surface area contributed by atoms with Crippen LogP contribution in [0.5, 0.6) is 0 Å². The van der Waals surface area contributed by atoms with Crippen LogP contribution in [0.4, 0.5) is 4.39 Å². The molecule has 6 heteroatoms. The Morgan fingerprint density at radius 1 is 1.37 bits per heavy atom. The van der Waals surface area contributed by atoms with Crippen molar-refractivity contribution in [2.45, 2.75) is 25.9 Å². The van der Waals surface area contributed by atoms with Crippen molar-refractivity contribution in [3.05, 3.63) is 52.0 Å². The van der Waals surface area contributed by atoms with Crippen molar-refractivity contribution in [2.75, 3.05) is 0 Å². The SMILES string of the molecule is CC(C)n1nccc1C(NN)c1cccc(Br)c1F. The van der Waals surface area contributed by atoms with Crippen LogP contribution in [0.15, 0.2) is 34.9 Å². The number of nitrogens with two attached hydrogens (primary N) is 1. The van der Waals surface area contributed by atoms with Gasteiger partial charge in [-0.25, -0.2) is 9.82 Å². The number of nitrogens with zero attached hydrogens (tertiary/aromatic N) is 2. The van der Waals surface area contributed by atoms with Gasteiger partial charge in [-0.3, -0.25) is 10.5 Å². The van der Waals surface area contributed by atoms with Gasteiger partial charge in [0.25, 0.3) is 0 Å². The summed E-state index contributed by atoms with van der Waals surface area (Å²) in [7, 11) is 0. The van der Waals surface area contributed by atoms with Gasteiger partial charge in [-0.2, -0.15) is 5.10 Å². The monoisotopic (exact) mass is 326 g/mol. The summed E-state index contributed by atoms with van der Waals surface area (Å²) in [4.78, 5) is 0. The van der Waals surface area contributed by atoms with E-state index in [1.54, 1.807) is 24.4 Å². The highest BCUT2D eigenvalue weighted by Gasteiger charge is 2.22. The molecule has 1 aromatic carbocycles. The lowest BCUT2D eigenvalue weighted by Gasteiger charge is -2.20. The van der Waals surface area contributed by atoms with Crippen molar-refractivity contribution >= 4 is 15.9 Å². The number of hydrazine groups is 1. The van der Waals surface area contributed by atoms with Gasteiger partial charge in [0.15, 0.2) is 0 Å². The third-order valence-electron chi connectivity index (χ3n) is 2.94. The maximum Gasteiger partial charge on any atom is 0.142 e. The fourth-order valence-corrected chi connectivity index (χ4v) is 2.44. The molecule has 0 aliphatic carbocycles. The summed E-state index contributed by atoms with van der Waals surface area (Å²) in [6.07, 6.45) is 1.69. The molecule has 1 heterocycles. The lowest BCUT2D eigenvalue weighted by molar-refractivity contribution is 0.466. The zero-order chi connectivity index (χ0) is 14.0. The lowest BCUT2D eigenvalue weighted by atomic mass is 10.0. The highest BCUT2D eigenvalue weighted by molar-refractivity contribution is 9.10. The third kappa shape index (κ3) is 2.70. The lowest BCUT2D eigenvalue weighted by Crippen LogP contribution is -2.31. The molecule has 19 heavy (non-hydrogen) atoms. The Morgan fingerprint density at radius 3 is 2.74 bits per heavy atom. The Kier molecular flexibility index (Phi) is 4.34. The van der Waals surface area contributed by atoms with Crippen molar-refractivity contribution in [1.29, 1.82) is 0 Å². The van der Waals surface area contributed by atoms with Crippen LogP contribution in [-0.4, -0.2) is 9.78 Å². The topological polar surface area (TPSA) is 55.9 Å².